The van der Waals surface area contributed by atoms with Gasteiger partial charge in [-0.15, -0.1) is 0 Å². The summed E-state index contributed by atoms with van der Waals surface area (Å²) in [6, 6.07) is 8.24. The predicted octanol–water partition coefficient (Wildman–Crippen LogP) is 5.77. The molecule has 1 unspecified atom stereocenters. The molecule has 1 saturated heterocycles. The number of amides is 1. The van der Waals surface area contributed by atoms with Gasteiger partial charge in [-0.1, -0.05) is 55.7 Å². The highest BCUT2D eigenvalue weighted by molar-refractivity contribution is 5.96. The first-order valence-electron chi connectivity index (χ1n) is 12.3. The lowest BCUT2D eigenvalue weighted by molar-refractivity contribution is -0.156. The topological polar surface area (TPSA) is 46.6 Å². The van der Waals surface area contributed by atoms with E-state index < -0.39 is 6.04 Å². The summed E-state index contributed by atoms with van der Waals surface area (Å²) in [6.07, 6.45) is 12.4. The van der Waals surface area contributed by atoms with Crippen molar-refractivity contribution in [1.82, 2.24) is 4.90 Å². The number of rotatable bonds is 9. The lowest BCUT2D eigenvalue weighted by Gasteiger charge is -2.36. The summed E-state index contributed by atoms with van der Waals surface area (Å²) >= 11 is 0. The molecule has 1 atom stereocenters. The smallest absolute Gasteiger partial charge is 0.328 e. The Hall–Kier alpha value is -2.10. The molecule has 0 aromatic heterocycles. The summed E-state index contributed by atoms with van der Waals surface area (Å²) in [5, 5.41) is 0. The lowest BCUT2D eigenvalue weighted by atomic mass is 9.83. The second-order valence-electron chi connectivity index (χ2n) is 9.33. The lowest BCUT2D eigenvalue weighted by Crippen LogP contribution is -2.49. The maximum Gasteiger partial charge on any atom is 0.328 e. The van der Waals surface area contributed by atoms with E-state index in [0.717, 1.165) is 51.4 Å². The first-order valence-corrected chi connectivity index (χ1v) is 12.3. The van der Waals surface area contributed by atoms with Gasteiger partial charge in [0.15, 0.2) is 0 Å². The molecule has 1 aliphatic carbocycles. The Kier molecular flexibility index (Phi) is 9.17. The minimum absolute atomic E-state index is 0.0216. The molecular formula is C27H39NO3. The summed E-state index contributed by atoms with van der Waals surface area (Å²) < 4.78 is 5.59. The molecule has 0 N–H and O–H groups in total. The van der Waals surface area contributed by atoms with Gasteiger partial charge in [-0.25, -0.2) is 4.79 Å². The van der Waals surface area contributed by atoms with Crippen LogP contribution in [0.5, 0.6) is 0 Å². The Morgan fingerprint density at radius 3 is 2.42 bits per heavy atom. The zero-order valence-corrected chi connectivity index (χ0v) is 19.2. The molecule has 2 aliphatic rings. The van der Waals surface area contributed by atoms with Gasteiger partial charge in [0.05, 0.1) is 6.61 Å². The molecule has 1 amide bonds. The number of piperidine rings is 1. The quantitative estimate of drug-likeness (QED) is 0.287. The SMILES string of the molecule is C=C(C(=O)N1CCCCC1C(=O)OCCCCCc1ccc(C)cc1)C1CCCCC1. The Bertz CT molecular complexity index is 733. The molecule has 1 aliphatic heterocycles. The van der Waals surface area contributed by atoms with Gasteiger partial charge in [-0.3, -0.25) is 4.79 Å². The van der Waals surface area contributed by atoms with Crippen molar-refractivity contribution >= 4 is 11.9 Å². The van der Waals surface area contributed by atoms with Crippen molar-refractivity contribution in [2.45, 2.75) is 90.0 Å². The van der Waals surface area contributed by atoms with Gasteiger partial charge in [0.25, 0.3) is 0 Å². The Balaban J connectivity index is 1.40. The van der Waals surface area contributed by atoms with E-state index in [1.165, 1.54) is 30.4 Å². The number of hydrogen-bond acceptors (Lipinski definition) is 3. The van der Waals surface area contributed by atoms with Crippen molar-refractivity contribution in [2.24, 2.45) is 5.92 Å². The third-order valence-corrected chi connectivity index (χ3v) is 6.88. The molecule has 4 nitrogen and oxygen atoms in total. The third kappa shape index (κ3) is 6.95. The van der Waals surface area contributed by atoms with Crippen LogP contribution < -0.4 is 0 Å². The van der Waals surface area contributed by atoms with E-state index in [1.54, 1.807) is 4.90 Å². The van der Waals surface area contributed by atoms with Crippen molar-refractivity contribution in [3.05, 3.63) is 47.5 Å². The molecule has 2 fully saturated rings. The summed E-state index contributed by atoms with van der Waals surface area (Å²) in [4.78, 5) is 27.6. The maximum atomic E-state index is 13.1. The van der Waals surface area contributed by atoms with Crippen LogP contribution >= 0.6 is 0 Å². The van der Waals surface area contributed by atoms with Gasteiger partial charge >= 0.3 is 5.97 Å². The Morgan fingerprint density at radius 2 is 1.68 bits per heavy atom. The van der Waals surface area contributed by atoms with Crippen LogP contribution in [0.15, 0.2) is 36.4 Å². The number of hydrogen-bond donors (Lipinski definition) is 0. The van der Waals surface area contributed by atoms with Crippen molar-refractivity contribution in [3.8, 4) is 0 Å². The minimum Gasteiger partial charge on any atom is -0.464 e. The van der Waals surface area contributed by atoms with E-state index in [9.17, 15) is 9.59 Å². The highest BCUT2D eigenvalue weighted by atomic mass is 16.5. The molecule has 0 spiro atoms. The Labute approximate surface area is 188 Å². The molecule has 1 heterocycles. The van der Waals surface area contributed by atoms with Gasteiger partial charge in [-0.2, -0.15) is 0 Å². The summed E-state index contributed by atoms with van der Waals surface area (Å²) in [7, 11) is 0. The monoisotopic (exact) mass is 425 g/mol. The molecule has 31 heavy (non-hydrogen) atoms. The molecular weight excluding hydrogens is 386 g/mol. The zero-order valence-electron chi connectivity index (χ0n) is 19.2. The van der Waals surface area contributed by atoms with Gasteiger partial charge in [0, 0.05) is 12.1 Å². The number of ether oxygens (including phenoxy) is 1. The summed E-state index contributed by atoms with van der Waals surface area (Å²) in [5.74, 6) is 0.0306. The van der Waals surface area contributed by atoms with Crippen LogP contribution in [0.25, 0.3) is 0 Å². The standard InChI is InChI=1S/C27H39NO3/c1-21-15-17-23(18-16-21)11-5-4-10-20-31-27(30)25-14-8-9-19-28(25)26(29)22(2)24-12-6-3-7-13-24/h15-18,24-25H,2-14,19-20H2,1H3. The van der Waals surface area contributed by atoms with Crippen molar-refractivity contribution in [2.75, 3.05) is 13.2 Å². The first-order chi connectivity index (χ1) is 15.1. The first kappa shape index (κ1) is 23.6. The van der Waals surface area contributed by atoms with E-state index in [0.29, 0.717) is 25.1 Å². The van der Waals surface area contributed by atoms with Crippen LogP contribution in [0.3, 0.4) is 0 Å². The van der Waals surface area contributed by atoms with Gasteiger partial charge in [-0.05, 0) is 76.2 Å². The largest absolute Gasteiger partial charge is 0.464 e. The third-order valence-electron chi connectivity index (χ3n) is 6.88. The predicted molar refractivity (Wildman–Crippen MR) is 125 cm³/mol. The van der Waals surface area contributed by atoms with Gasteiger partial charge in [0.2, 0.25) is 5.91 Å². The van der Waals surface area contributed by atoms with E-state index in [2.05, 4.69) is 37.8 Å². The fraction of sp³-hybridized carbons (Fsp3) is 0.630. The number of aryl methyl sites for hydroxylation is 2. The van der Waals surface area contributed by atoms with Crippen LogP contribution in [-0.4, -0.2) is 36.0 Å². The number of benzene rings is 1. The maximum absolute atomic E-state index is 13.1. The second kappa shape index (κ2) is 12.1. The van der Waals surface area contributed by atoms with E-state index >= 15 is 0 Å². The average molecular weight is 426 g/mol. The zero-order chi connectivity index (χ0) is 22.1. The fourth-order valence-electron chi connectivity index (χ4n) is 4.86. The van der Waals surface area contributed by atoms with Crippen LogP contribution in [0.1, 0.15) is 81.8 Å². The van der Waals surface area contributed by atoms with E-state index in [1.807, 2.05) is 0 Å². The minimum atomic E-state index is -0.436. The number of carbonyl (C=O) groups excluding carboxylic acids is 2. The molecule has 4 heteroatoms. The summed E-state index contributed by atoms with van der Waals surface area (Å²) in [5.41, 5.74) is 3.35. The van der Waals surface area contributed by atoms with Crippen molar-refractivity contribution < 1.29 is 14.3 Å². The summed E-state index contributed by atoms with van der Waals surface area (Å²) in [6.45, 7) is 7.31. The molecule has 3 rings (SSSR count). The van der Waals surface area contributed by atoms with E-state index in [-0.39, 0.29) is 17.8 Å². The number of carbonyl (C=O) groups is 2. The second-order valence-corrected chi connectivity index (χ2v) is 9.33. The number of nitrogens with zero attached hydrogens (tertiary/aromatic N) is 1. The van der Waals surface area contributed by atoms with Crippen molar-refractivity contribution in [3.63, 3.8) is 0 Å². The number of unbranched alkanes of at least 4 members (excludes halogenated alkanes) is 2. The van der Waals surface area contributed by atoms with Crippen LogP contribution in [0.2, 0.25) is 0 Å². The number of esters is 1. The molecule has 1 aromatic rings. The molecule has 0 radical (unpaired) electrons. The van der Waals surface area contributed by atoms with E-state index in [4.69, 9.17) is 4.74 Å². The molecule has 1 aromatic carbocycles. The van der Waals surface area contributed by atoms with Crippen LogP contribution in [0, 0.1) is 12.8 Å². The van der Waals surface area contributed by atoms with Gasteiger partial charge < -0.3 is 9.64 Å². The molecule has 0 bridgehead atoms. The highest BCUT2D eigenvalue weighted by Crippen LogP contribution is 2.31. The van der Waals surface area contributed by atoms with Gasteiger partial charge in [0.1, 0.15) is 6.04 Å². The Morgan fingerprint density at radius 1 is 0.968 bits per heavy atom. The fourth-order valence-corrected chi connectivity index (χ4v) is 4.86. The number of likely N-dealkylation sites (tertiary alicyclic amines) is 1. The van der Waals surface area contributed by atoms with Crippen LogP contribution in [-0.2, 0) is 20.7 Å². The highest BCUT2D eigenvalue weighted by Gasteiger charge is 2.35. The molecule has 1 saturated carbocycles. The normalized spacial score (nSPS) is 19.8. The average Bonchev–Trinajstić information content (AvgIpc) is 2.82. The van der Waals surface area contributed by atoms with Crippen molar-refractivity contribution in [1.29, 1.82) is 0 Å². The molecule has 170 valence electrons. The van der Waals surface area contributed by atoms with Crippen LogP contribution in [0.4, 0.5) is 0 Å².